The standard InChI is InChI=1S/C10H9Cl2N3O2/c11-3-1-2-8-13-14-9-5-6(10(16)17)4-7(12)15(8)9/h4-5H,1-3H2,(H,16,17). The molecule has 0 aliphatic rings. The van der Waals surface area contributed by atoms with Gasteiger partial charge < -0.3 is 5.11 Å². The van der Waals surface area contributed by atoms with Crippen LogP contribution in [0, 0.1) is 0 Å². The minimum absolute atomic E-state index is 0.0961. The zero-order valence-electron chi connectivity index (χ0n) is 8.73. The quantitative estimate of drug-likeness (QED) is 0.685. The number of rotatable bonds is 4. The molecule has 5 nitrogen and oxygen atoms in total. The number of aromatic nitrogens is 3. The van der Waals surface area contributed by atoms with Gasteiger partial charge in [-0.15, -0.1) is 21.8 Å². The van der Waals surface area contributed by atoms with Crippen LogP contribution in [0.25, 0.3) is 5.65 Å². The van der Waals surface area contributed by atoms with E-state index in [9.17, 15) is 4.79 Å². The SMILES string of the molecule is O=C(O)c1cc(Cl)n2c(CCCCl)nnc2c1. The Hall–Kier alpha value is -1.33. The van der Waals surface area contributed by atoms with Crippen molar-refractivity contribution >= 4 is 34.8 Å². The second kappa shape index (κ2) is 4.89. The average Bonchev–Trinajstić information content (AvgIpc) is 2.69. The summed E-state index contributed by atoms with van der Waals surface area (Å²) in [5.41, 5.74) is 0.526. The van der Waals surface area contributed by atoms with Crippen LogP contribution in [-0.4, -0.2) is 31.6 Å². The summed E-state index contributed by atoms with van der Waals surface area (Å²) in [6.07, 6.45) is 1.41. The molecule has 0 aliphatic carbocycles. The second-order valence-electron chi connectivity index (χ2n) is 3.47. The number of hydrogen-bond acceptors (Lipinski definition) is 3. The van der Waals surface area contributed by atoms with Gasteiger partial charge in [0.1, 0.15) is 11.0 Å². The minimum atomic E-state index is -1.04. The fraction of sp³-hybridized carbons (Fsp3) is 0.300. The minimum Gasteiger partial charge on any atom is -0.478 e. The molecule has 7 heteroatoms. The van der Waals surface area contributed by atoms with Crippen LogP contribution in [-0.2, 0) is 6.42 Å². The van der Waals surface area contributed by atoms with Crippen molar-refractivity contribution in [3.8, 4) is 0 Å². The molecule has 0 atom stereocenters. The molecule has 0 fully saturated rings. The van der Waals surface area contributed by atoms with Gasteiger partial charge in [0.2, 0.25) is 0 Å². The van der Waals surface area contributed by atoms with Crippen LogP contribution in [0.1, 0.15) is 22.6 Å². The van der Waals surface area contributed by atoms with Crippen molar-refractivity contribution in [2.45, 2.75) is 12.8 Å². The maximum absolute atomic E-state index is 10.8. The molecule has 0 aliphatic heterocycles. The number of carboxylic acid groups (broad SMARTS) is 1. The van der Waals surface area contributed by atoms with Crippen LogP contribution < -0.4 is 0 Å². The number of carboxylic acids is 1. The number of fused-ring (bicyclic) bond motifs is 1. The first-order chi connectivity index (χ1) is 8.13. The van der Waals surface area contributed by atoms with Gasteiger partial charge in [-0.2, -0.15) is 0 Å². The zero-order chi connectivity index (χ0) is 12.4. The highest BCUT2D eigenvalue weighted by Crippen LogP contribution is 2.18. The molecule has 0 amide bonds. The van der Waals surface area contributed by atoms with Gasteiger partial charge in [0.25, 0.3) is 0 Å². The summed E-state index contributed by atoms with van der Waals surface area (Å²) in [5.74, 6) is 0.169. The Bertz CT molecular complexity index is 568. The second-order valence-corrected chi connectivity index (χ2v) is 4.24. The van der Waals surface area contributed by atoms with Crippen molar-refractivity contribution < 1.29 is 9.90 Å². The molecule has 0 spiro atoms. The molecule has 2 aromatic heterocycles. The highest BCUT2D eigenvalue weighted by Gasteiger charge is 2.12. The topological polar surface area (TPSA) is 67.5 Å². The van der Waals surface area contributed by atoms with Crippen LogP contribution in [0.15, 0.2) is 12.1 Å². The van der Waals surface area contributed by atoms with Crippen LogP contribution in [0.4, 0.5) is 0 Å². The summed E-state index contributed by atoms with van der Waals surface area (Å²) < 4.78 is 1.63. The van der Waals surface area contributed by atoms with Crippen molar-refractivity contribution in [2.75, 3.05) is 5.88 Å². The van der Waals surface area contributed by atoms with E-state index in [2.05, 4.69) is 10.2 Å². The number of halogens is 2. The fourth-order valence-corrected chi connectivity index (χ4v) is 1.98. The van der Waals surface area contributed by atoms with Gasteiger partial charge in [-0.3, -0.25) is 4.40 Å². The van der Waals surface area contributed by atoms with Crippen LogP contribution in [0.5, 0.6) is 0 Å². The summed E-state index contributed by atoms with van der Waals surface area (Å²) in [6, 6.07) is 2.82. The number of hydrogen-bond donors (Lipinski definition) is 1. The highest BCUT2D eigenvalue weighted by atomic mass is 35.5. The molecule has 90 valence electrons. The number of aryl methyl sites for hydroxylation is 1. The van der Waals surface area contributed by atoms with Crippen molar-refractivity contribution in [3.63, 3.8) is 0 Å². The number of alkyl halides is 1. The predicted molar refractivity (Wildman–Crippen MR) is 64.0 cm³/mol. The zero-order valence-corrected chi connectivity index (χ0v) is 10.2. The Balaban J connectivity index is 2.51. The normalized spacial score (nSPS) is 10.9. The van der Waals surface area contributed by atoms with Crippen LogP contribution >= 0.6 is 23.2 Å². The first-order valence-electron chi connectivity index (χ1n) is 4.96. The lowest BCUT2D eigenvalue weighted by Crippen LogP contribution is -2.01. The first-order valence-corrected chi connectivity index (χ1v) is 5.87. The molecule has 0 saturated carbocycles. The van der Waals surface area contributed by atoms with Gasteiger partial charge in [0.05, 0.1) is 5.56 Å². The Morgan fingerprint density at radius 2 is 2.18 bits per heavy atom. The van der Waals surface area contributed by atoms with Gasteiger partial charge in [-0.1, -0.05) is 11.6 Å². The molecular formula is C10H9Cl2N3O2. The first kappa shape index (κ1) is 12.1. The van der Waals surface area contributed by atoms with E-state index >= 15 is 0 Å². The lowest BCUT2D eigenvalue weighted by Gasteiger charge is -2.02. The molecule has 2 rings (SSSR count). The summed E-state index contributed by atoms with van der Waals surface area (Å²) in [4.78, 5) is 10.8. The Kier molecular flexibility index (Phi) is 3.49. The highest BCUT2D eigenvalue weighted by molar-refractivity contribution is 6.30. The molecule has 2 heterocycles. The third-order valence-electron chi connectivity index (χ3n) is 2.31. The van der Waals surface area contributed by atoms with Crippen LogP contribution in [0.2, 0.25) is 5.15 Å². The Labute approximate surface area is 107 Å². The van der Waals surface area contributed by atoms with Gasteiger partial charge in [0.15, 0.2) is 5.65 Å². The number of aromatic carboxylic acids is 1. The predicted octanol–water partition coefficient (Wildman–Crippen LogP) is 2.25. The molecule has 0 bridgehead atoms. The van der Waals surface area contributed by atoms with Gasteiger partial charge in [0, 0.05) is 12.3 Å². The van der Waals surface area contributed by atoms with Gasteiger partial charge >= 0.3 is 5.97 Å². The molecule has 0 unspecified atom stereocenters. The lowest BCUT2D eigenvalue weighted by atomic mass is 10.2. The van der Waals surface area contributed by atoms with Gasteiger partial charge in [-0.25, -0.2) is 4.79 Å². The summed E-state index contributed by atoms with van der Waals surface area (Å²) >= 11 is 11.6. The van der Waals surface area contributed by atoms with Crippen molar-refractivity contribution in [1.82, 2.24) is 14.6 Å². The maximum atomic E-state index is 10.8. The molecule has 2 aromatic rings. The van der Waals surface area contributed by atoms with Gasteiger partial charge in [-0.05, 0) is 18.6 Å². The number of nitrogens with zero attached hydrogens (tertiary/aromatic N) is 3. The summed E-state index contributed by atoms with van der Waals surface area (Å²) in [7, 11) is 0. The maximum Gasteiger partial charge on any atom is 0.335 e. The van der Waals surface area contributed by atoms with E-state index < -0.39 is 5.97 Å². The van der Waals surface area contributed by atoms with E-state index in [-0.39, 0.29) is 10.7 Å². The van der Waals surface area contributed by atoms with Crippen molar-refractivity contribution in [1.29, 1.82) is 0 Å². The molecule has 0 aromatic carbocycles. The average molecular weight is 274 g/mol. The van der Waals surface area contributed by atoms with E-state index in [0.717, 1.165) is 6.42 Å². The third-order valence-corrected chi connectivity index (χ3v) is 2.85. The van der Waals surface area contributed by atoms with E-state index in [1.807, 2.05) is 0 Å². The number of carbonyl (C=O) groups is 1. The van der Waals surface area contributed by atoms with E-state index in [4.69, 9.17) is 28.3 Å². The van der Waals surface area contributed by atoms with E-state index in [1.54, 1.807) is 4.40 Å². The van der Waals surface area contributed by atoms with E-state index in [1.165, 1.54) is 12.1 Å². The monoisotopic (exact) mass is 273 g/mol. The molecule has 17 heavy (non-hydrogen) atoms. The van der Waals surface area contributed by atoms with Crippen molar-refractivity contribution in [3.05, 3.63) is 28.7 Å². The Morgan fingerprint density at radius 3 is 2.82 bits per heavy atom. The number of pyridine rings is 1. The third kappa shape index (κ3) is 2.35. The van der Waals surface area contributed by atoms with Crippen LogP contribution in [0.3, 0.4) is 0 Å². The smallest absolute Gasteiger partial charge is 0.335 e. The summed E-state index contributed by atoms with van der Waals surface area (Å²) in [6.45, 7) is 0. The molecule has 0 radical (unpaired) electrons. The Morgan fingerprint density at radius 1 is 1.41 bits per heavy atom. The molecule has 1 N–H and O–H groups in total. The van der Waals surface area contributed by atoms with E-state index in [0.29, 0.717) is 23.8 Å². The molecular weight excluding hydrogens is 265 g/mol. The van der Waals surface area contributed by atoms with Crippen molar-refractivity contribution in [2.24, 2.45) is 0 Å². The fourth-order valence-electron chi connectivity index (χ4n) is 1.54. The largest absolute Gasteiger partial charge is 0.478 e. The molecule has 0 saturated heterocycles. The lowest BCUT2D eigenvalue weighted by molar-refractivity contribution is 0.0697. The summed E-state index contributed by atoms with van der Waals surface area (Å²) in [5, 5.41) is 17.0.